The standard InChI is InChI=1S/C19H29N5O/c25-19(13-3-1-2-4-13)21-8-14-7-15-11-23(5-6-24(15)22-14)12-18-16-9-20-10-17(16)18/h7,13,16-18,20H,1-6,8-12H2,(H,21,25)/t16-,17+,18?. The van der Waals surface area contributed by atoms with Crippen LogP contribution in [0.4, 0.5) is 0 Å². The third-order valence-corrected chi connectivity index (χ3v) is 6.84. The summed E-state index contributed by atoms with van der Waals surface area (Å²) in [4.78, 5) is 14.8. The van der Waals surface area contributed by atoms with Gasteiger partial charge in [-0.1, -0.05) is 12.8 Å². The zero-order valence-corrected chi connectivity index (χ0v) is 14.9. The molecule has 0 bridgehead atoms. The predicted octanol–water partition coefficient (Wildman–Crippen LogP) is 0.970. The van der Waals surface area contributed by atoms with Crippen LogP contribution in [0.3, 0.4) is 0 Å². The molecule has 6 nitrogen and oxygen atoms in total. The molecule has 5 rings (SSSR count). The number of carbonyl (C=O) groups excluding carboxylic acids is 1. The molecule has 0 radical (unpaired) electrons. The van der Waals surface area contributed by atoms with Crippen molar-refractivity contribution in [1.29, 1.82) is 0 Å². The quantitative estimate of drug-likeness (QED) is 0.836. The lowest BCUT2D eigenvalue weighted by molar-refractivity contribution is -0.124. The molecule has 1 unspecified atom stereocenters. The highest BCUT2D eigenvalue weighted by Gasteiger charge is 2.52. The summed E-state index contributed by atoms with van der Waals surface area (Å²) in [5, 5.41) is 11.3. The lowest BCUT2D eigenvalue weighted by Gasteiger charge is -2.28. The van der Waals surface area contributed by atoms with Gasteiger partial charge in [-0.15, -0.1) is 0 Å². The molecule has 0 spiro atoms. The van der Waals surface area contributed by atoms with Gasteiger partial charge in [0.05, 0.1) is 24.5 Å². The van der Waals surface area contributed by atoms with Crippen molar-refractivity contribution in [3.05, 3.63) is 17.5 Å². The number of nitrogens with one attached hydrogen (secondary N) is 2. The average molecular weight is 343 g/mol. The molecule has 6 heteroatoms. The number of rotatable bonds is 5. The average Bonchev–Trinajstić information content (AvgIpc) is 3.16. The molecule has 136 valence electrons. The highest BCUT2D eigenvalue weighted by Crippen LogP contribution is 2.49. The fraction of sp³-hybridized carbons (Fsp3) is 0.789. The van der Waals surface area contributed by atoms with Crippen LogP contribution in [0.15, 0.2) is 6.07 Å². The molecule has 4 aliphatic rings. The van der Waals surface area contributed by atoms with Gasteiger partial charge in [0.25, 0.3) is 0 Å². The van der Waals surface area contributed by atoms with E-state index in [0.29, 0.717) is 6.54 Å². The summed E-state index contributed by atoms with van der Waals surface area (Å²) >= 11 is 0. The topological polar surface area (TPSA) is 62.2 Å². The second-order valence-corrected chi connectivity index (χ2v) is 8.43. The first-order valence-electron chi connectivity index (χ1n) is 10.0. The van der Waals surface area contributed by atoms with Crippen LogP contribution in [0.5, 0.6) is 0 Å². The maximum absolute atomic E-state index is 12.2. The van der Waals surface area contributed by atoms with E-state index >= 15 is 0 Å². The van der Waals surface area contributed by atoms with Crippen molar-refractivity contribution >= 4 is 5.91 Å². The molecule has 1 aromatic rings. The third-order valence-electron chi connectivity index (χ3n) is 6.84. The van der Waals surface area contributed by atoms with Crippen molar-refractivity contribution in [3.63, 3.8) is 0 Å². The molecule has 0 aromatic carbocycles. The summed E-state index contributed by atoms with van der Waals surface area (Å²) in [5.41, 5.74) is 2.32. The predicted molar refractivity (Wildman–Crippen MR) is 94.6 cm³/mol. The molecular weight excluding hydrogens is 314 g/mol. The summed E-state index contributed by atoms with van der Waals surface area (Å²) in [6.45, 7) is 7.37. The summed E-state index contributed by atoms with van der Waals surface area (Å²) in [5.74, 6) is 3.25. The molecule has 2 N–H and O–H groups in total. The van der Waals surface area contributed by atoms with Gasteiger partial charge < -0.3 is 10.6 Å². The van der Waals surface area contributed by atoms with Gasteiger partial charge in [-0.2, -0.15) is 5.10 Å². The Kier molecular flexibility index (Phi) is 4.05. The number of nitrogens with zero attached hydrogens (tertiary/aromatic N) is 3. The van der Waals surface area contributed by atoms with Crippen molar-refractivity contribution in [1.82, 2.24) is 25.3 Å². The Bertz CT molecular complexity index is 640. The number of carbonyl (C=O) groups is 1. The Hall–Kier alpha value is -1.40. The number of hydrogen-bond acceptors (Lipinski definition) is 4. The van der Waals surface area contributed by atoms with Crippen molar-refractivity contribution in [2.75, 3.05) is 26.2 Å². The molecule has 3 heterocycles. The van der Waals surface area contributed by atoms with E-state index < -0.39 is 0 Å². The Balaban J connectivity index is 1.14. The van der Waals surface area contributed by atoms with E-state index in [-0.39, 0.29) is 11.8 Å². The molecule has 25 heavy (non-hydrogen) atoms. The Morgan fingerprint density at radius 3 is 2.84 bits per heavy atom. The number of fused-ring (bicyclic) bond motifs is 2. The minimum Gasteiger partial charge on any atom is -0.350 e. The molecule has 1 amide bonds. The summed E-state index contributed by atoms with van der Waals surface area (Å²) in [7, 11) is 0. The molecule has 1 aromatic heterocycles. The lowest BCUT2D eigenvalue weighted by atomic mass is 10.1. The van der Waals surface area contributed by atoms with E-state index in [1.807, 2.05) is 0 Å². The first-order chi connectivity index (χ1) is 12.3. The monoisotopic (exact) mass is 343 g/mol. The van der Waals surface area contributed by atoms with Crippen LogP contribution < -0.4 is 10.6 Å². The smallest absolute Gasteiger partial charge is 0.223 e. The van der Waals surface area contributed by atoms with Crippen LogP contribution in [0.2, 0.25) is 0 Å². The minimum absolute atomic E-state index is 0.221. The normalized spacial score (nSPS) is 31.8. The van der Waals surface area contributed by atoms with Crippen molar-refractivity contribution < 1.29 is 4.79 Å². The number of hydrogen-bond donors (Lipinski definition) is 2. The van der Waals surface area contributed by atoms with Gasteiger partial charge in [0.15, 0.2) is 0 Å². The van der Waals surface area contributed by atoms with Gasteiger partial charge in [-0.3, -0.25) is 14.4 Å². The second kappa shape index (κ2) is 6.40. The van der Waals surface area contributed by atoms with Gasteiger partial charge in [-0.05, 0) is 49.8 Å². The van der Waals surface area contributed by atoms with Gasteiger partial charge in [-0.25, -0.2) is 0 Å². The molecule has 2 aliphatic heterocycles. The highest BCUT2D eigenvalue weighted by molar-refractivity contribution is 5.78. The fourth-order valence-corrected chi connectivity index (χ4v) is 5.25. The van der Waals surface area contributed by atoms with Crippen LogP contribution in [-0.4, -0.2) is 46.8 Å². The van der Waals surface area contributed by atoms with Crippen LogP contribution in [-0.2, 0) is 24.4 Å². The Morgan fingerprint density at radius 2 is 2.04 bits per heavy atom. The SMILES string of the molecule is O=C(NCc1cc2n(n1)CCN(CC1[C@H]3CNC[C@@H]13)C2)C1CCCC1. The van der Waals surface area contributed by atoms with E-state index in [4.69, 9.17) is 5.10 Å². The Labute approximate surface area is 149 Å². The molecule has 3 atom stereocenters. The summed E-state index contributed by atoms with van der Waals surface area (Å²) in [6, 6.07) is 2.19. The molecule has 1 saturated heterocycles. The molecule has 2 aliphatic carbocycles. The van der Waals surface area contributed by atoms with E-state index in [9.17, 15) is 4.79 Å². The first-order valence-corrected chi connectivity index (χ1v) is 10.0. The first kappa shape index (κ1) is 15.8. The number of aromatic nitrogens is 2. The van der Waals surface area contributed by atoms with Crippen molar-refractivity contribution in [2.45, 2.75) is 45.3 Å². The number of piperidine rings is 1. The Morgan fingerprint density at radius 1 is 1.24 bits per heavy atom. The minimum atomic E-state index is 0.221. The fourth-order valence-electron chi connectivity index (χ4n) is 5.25. The lowest BCUT2D eigenvalue weighted by Crippen LogP contribution is -2.36. The van der Waals surface area contributed by atoms with E-state index in [1.165, 1.54) is 38.2 Å². The van der Waals surface area contributed by atoms with E-state index in [2.05, 4.69) is 26.3 Å². The van der Waals surface area contributed by atoms with Crippen molar-refractivity contribution in [2.24, 2.45) is 23.7 Å². The van der Waals surface area contributed by atoms with Gasteiger partial charge in [0.1, 0.15) is 0 Å². The van der Waals surface area contributed by atoms with Crippen molar-refractivity contribution in [3.8, 4) is 0 Å². The maximum Gasteiger partial charge on any atom is 0.223 e. The van der Waals surface area contributed by atoms with Crippen LogP contribution in [0.25, 0.3) is 0 Å². The summed E-state index contributed by atoms with van der Waals surface area (Å²) < 4.78 is 2.14. The van der Waals surface area contributed by atoms with Gasteiger partial charge >= 0.3 is 0 Å². The van der Waals surface area contributed by atoms with Gasteiger partial charge in [0, 0.05) is 25.6 Å². The largest absolute Gasteiger partial charge is 0.350 e. The zero-order valence-electron chi connectivity index (χ0n) is 14.9. The second-order valence-electron chi connectivity index (χ2n) is 8.43. The van der Waals surface area contributed by atoms with E-state index in [1.54, 1.807) is 0 Å². The zero-order chi connectivity index (χ0) is 16.8. The van der Waals surface area contributed by atoms with Crippen LogP contribution in [0.1, 0.15) is 37.1 Å². The maximum atomic E-state index is 12.2. The van der Waals surface area contributed by atoms with E-state index in [0.717, 1.165) is 55.9 Å². The van der Waals surface area contributed by atoms with Crippen LogP contribution in [0, 0.1) is 23.7 Å². The molecule has 2 saturated carbocycles. The summed E-state index contributed by atoms with van der Waals surface area (Å²) in [6.07, 6.45) is 4.51. The third kappa shape index (κ3) is 3.10. The van der Waals surface area contributed by atoms with Gasteiger partial charge in [0.2, 0.25) is 5.91 Å². The molecule has 3 fully saturated rings. The highest BCUT2D eigenvalue weighted by atomic mass is 16.1. The molecular formula is C19H29N5O. The number of amides is 1. The van der Waals surface area contributed by atoms with Crippen LogP contribution >= 0.6 is 0 Å².